The Kier molecular flexibility index (Phi) is 6.41. The molecule has 8 nitrogen and oxygen atoms in total. The summed E-state index contributed by atoms with van der Waals surface area (Å²) in [5, 5.41) is 5.42. The quantitative estimate of drug-likeness (QED) is 0.419. The van der Waals surface area contributed by atoms with Crippen LogP contribution >= 0.6 is 11.3 Å². The minimum Gasteiger partial charge on any atom is -0.452 e. The number of esters is 1. The first-order valence-corrected chi connectivity index (χ1v) is 12.4. The van der Waals surface area contributed by atoms with Crippen LogP contribution in [0.1, 0.15) is 41.0 Å². The molecule has 1 N–H and O–H groups in total. The molecule has 0 bridgehead atoms. The normalized spacial score (nSPS) is 13.2. The highest BCUT2D eigenvalue weighted by Gasteiger charge is 2.17. The van der Waals surface area contributed by atoms with Crippen molar-refractivity contribution in [3.8, 4) is 11.3 Å². The molecule has 0 aliphatic carbocycles. The summed E-state index contributed by atoms with van der Waals surface area (Å²) in [5.41, 5.74) is 3.50. The number of amides is 1. The highest BCUT2D eigenvalue weighted by Crippen LogP contribution is 2.25. The fourth-order valence-corrected chi connectivity index (χ4v) is 4.84. The van der Waals surface area contributed by atoms with Crippen LogP contribution in [0.2, 0.25) is 0 Å². The third-order valence-electron chi connectivity index (χ3n) is 5.98. The van der Waals surface area contributed by atoms with Crippen LogP contribution in [0.5, 0.6) is 0 Å². The molecule has 178 valence electrons. The van der Waals surface area contributed by atoms with Gasteiger partial charge in [0.05, 0.1) is 22.2 Å². The summed E-state index contributed by atoms with van der Waals surface area (Å²) >= 11 is 1.30. The predicted octanol–water partition coefficient (Wildman–Crippen LogP) is 4.35. The molecule has 0 saturated heterocycles. The molecule has 0 fully saturated rings. The molecule has 0 unspecified atom stereocenters. The van der Waals surface area contributed by atoms with Gasteiger partial charge >= 0.3 is 5.97 Å². The van der Waals surface area contributed by atoms with Gasteiger partial charge in [-0.3, -0.25) is 19.5 Å². The Labute approximate surface area is 205 Å². The molecule has 0 radical (unpaired) electrons. The maximum atomic E-state index is 12.9. The average molecular weight is 489 g/mol. The number of aromatic nitrogens is 3. The van der Waals surface area contributed by atoms with Gasteiger partial charge in [-0.2, -0.15) is 0 Å². The SMILES string of the molecule is Cc1ccc(-c2csc(NC(=O)COC(=O)c3ccc4c(=O)n5c(nc4c3)CCCCC5)n2)cc1. The number of fused-ring (bicyclic) bond motifs is 2. The third-order valence-corrected chi connectivity index (χ3v) is 6.74. The lowest BCUT2D eigenvalue weighted by Crippen LogP contribution is -2.25. The van der Waals surface area contributed by atoms with Crippen LogP contribution in [-0.2, 0) is 22.5 Å². The number of carbonyl (C=O) groups is 2. The molecule has 9 heteroatoms. The summed E-state index contributed by atoms with van der Waals surface area (Å²) in [6, 6.07) is 12.6. The standard InChI is InChI=1S/C26H24N4O4S/c1-16-6-8-17(9-7-16)21-15-35-26(28-21)29-23(31)14-34-25(33)18-10-11-19-20(13-18)27-22-5-3-2-4-12-30(22)24(19)32/h6-11,13,15H,2-5,12,14H2,1H3,(H,28,29,31). The van der Waals surface area contributed by atoms with E-state index in [1.54, 1.807) is 16.7 Å². The Hall–Kier alpha value is -3.85. The van der Waals surface area contributed by atoms with Gasteiger partial charge in [0.15, 0.2) is 11.7 Å². The first-order chi connectivity index (χ1) is 17.0. The smallest absolute Gasteiger partial charge is 0.338 e. The van der Waals surface area contributed by atoms with Crippen LogP contribution in [-0.4, -0.2) is 33.0 Å². The van der Waals surface area contributed by atoms with Gasteiger partial charge in [0, 0.05) is 23.9 Å². The van der Waals surface area contributed by atoms with E-state index in [9.17, 15) is 14.4 Å². The Bertz CT molecular complexity index is 1470. The van der Waals surface area contributed by atoms with E-state index in [2.05, 4.69) is 15.3 Å². The van der Waals surface area contributed by atoms with Crippen LogP contribution < -0.4 is 10.9 Å². The van der Waals surface area contributed by atoms with Gasteiger partial charge in [-0.15, -0.1) is 11.3 Å². The fourth-order valence-electron chi connectivity index (χ4n) is 4.10. The second-order valence-corrected chi connectivity index (χ2v) is 9.41. The van der Waals surface area contributed by atoms with E-state index in [1.165, 1.54) is 17.4 Å². The zero-order chi connectivity index (χ0) is 24.4. The number of hydrogen-bond donors (Lipinski definition) is 1. The number of benzene rings is 2. The summed E-state index contributed by atoms with van der Waals surface area (Å²) in [6.45, 7) is 2.23. The van der Waals surface area contributed by atoms with Crippen molar-refractivity contribution in [3.05, 3.63) is 75.1 Å². The number of hydrogen-bond acceptors (Lipinski definition) is 7. The van der Waals surface area contributed by atoms with Crippen molar-refractivity contribution in [3.63, 3.8) is 0 Å². The number of anilines is 1. The van der Waals surface area contributed by atoms with E-state index in [1.807, 2.05) is 36.6 Å². The summed E-state index contributed by atoms with van der Waals surface area (Å²) < 4.78 is 6.93. The Morgan fingerprint density at radius 3 is 2.74 bits per heavy atom. The van der Waals surface area contributed by atoms with Crippen molar-refractivity contribution in [2.75, 3.05) is 11.9 Å². The van der Waals surface area contributed by atoms with E-state index in [0.29, 0.717) is 22.6 Å². The van der Waals surface area contributed by atoms with Gasteiger partial charge in [-0.05, 0) is 38.0 Å². The van der Waals surface area contributed by atoms with Crippen LogP contribution in [0, 0.1) is 6.92 Å². The van der Waals surface area contributed by atoms with Gasteiger partial charge in [-0.25, -0.2) is 14.8 Å². The van der Waals surface area contributed by atoms with Crippen molar-refractivity contribution in [2.45, 2.75) is 39.2 Å². The molecule has 0 spiro atoms. The molecular formula is C26H24N4O4S. The lowest BCUT2D eigenvalue weighted by Gasteiger charge is -2.11. The molecule has 35 heavy (non-hydrogen) atoms. The number of nitrogens with zero attached hydrogens (tertiary/aromatic N) is 3. The Balaban J connectivity index is 1.23. The van der Waals surface area contributed by atoms with Crippen molar-refractivity contribution >= 4 is 39.2 Å². The summed E-state index contributed by atoms with van der Waals surface area (Å²) in [6.07, 6.45) is 3.75. The number of ether oxygens (including phenoxy) is 1. The first kappa shape index (κ1) is 22.9. The monoisotopic (exact) mass is 488 g/mol. The summed E-state index contributed by atoms with van der Waals surface area (Å²) in [7, 11) is 0. The summed E-state index contributed by atoms with van der Waals surface area (Å²) in [4.78, 5) is 46.8. The maximum absolute atomic E-state index is 12.9. The number of carbonyl (C=O) groups excluding carboxylic acids is 2. The highest BCUT2D eigenvalue weighted by molar-refractivity contribution is 7.14. The zero-order valence-corrected chi connectivity index (χ0v) is 20.1. The predicted molar refractivity (Wildman–Crippen MR) is 135 cm³/mol. The molecule has 3 heterocycles. The lowest BCUT2D eigenvalue weighted by molar-refractivity contribution is -0.119. The van der Waals surface area contributed by atoms with Crippen molar-refractivity contribution < 1.29 is 14.3 Å². The second-order valence-electron chi connectivity index (χ2n) is 8.56. The Morgan fingerprint density at radius 2 is 1.91 bits per heavy atom. The van der Waals surface area contributed by atoms with Gasteiger partial charge in [0.25, 0.3) is 11.5 Å². The molecule has 2 aromatic heterocycles. The minimum absolute atomic E-state index is 0.0837. The van der Waals surface area contributed by atoms with Gasteiger partial charge in [-0.1, -0.05) is 36.2 Å². The number of aryl methyl sites for hydroxylation is 2. The molecular weight excluding hydrogens is 464 g/mol. The molecule has 1 aliphatic rings. The molecule has 2 aromatic carbocycles. The van der Waals surface area contributed by atoms with E-state index < -0.39 is 18.5 Å². The van der Waals surface area contributed by atoms with E-state index in [-0.39, 0.29) is 11.1 Å². The molecule has 1 amide bonds. The third kappa shape index (κ3) is 5.00. The lowest BCUT2D eigenvalue weighted by atomic mass is 10.1. The molecule has 4 aromatic rings. The van der Waals surface area contributed by atoms with Crippen LogP contribution in [0.15, 0.2) is 52.6 Å². The highest BCUT2D eigenvalue weighted by atomic mass is 32.1. The Morgan fingerprint density at radius 1 is 1.09 bits per heavy atom. The van der Waals surface area contributed by atoms with E-state index >= 15 is 0 Å². The van der Waals surface area contributed by atoms with E-state index in [0.717, 1.165) is 48.3 Å². The number of rotatable bonds is 5. The van der Waals surface area contributed by atoms with Crippen LogP contribution in [0.3, 0.4) is 0 Å². The maximum Gasteiger partial charge on any atom is 0.338 e. The van der Waals surface area contributed by atoms with Crippen LogP contribution in [0.4, 0.5) is 5.13 Å². The van der Waals surface area contributed by atoms with Gasteiger partial charge in [0.2, 0.25) is 0 Å². The minimum atomic E-state index is -0.654. The molecule has 0 atom stereocenters. The van der Waals surface area contributed by atoms with Crippen LogP contribution in [0.25, 0.3) is 22.2 Å². The number of nitrogens with one attached hydrogen (secondary N) is 1. The fraction of sp³-hybridized carbons (Fsp3) is 0.269. The first-order valence-electron chi connectivity index (χ1n) is 11.5. The molecule has 1 aliphatic heterocycles. The molecule has 5 rings (SSSR count). The van der Waals surface area contributed by atoms with Gasteiger partial charge in [0.1, 0.15) is 5.82 Å². The van der Waals surface area contributed by atoms with Crippen molar-refractivity contribution in [1.29, 1.82) is 0 Å². The largest absolute Gasteiger partial charge is 0.452 e. The molecule has 0 saturated carbocycles. The average Bonchev–Trinajstić information content (AvgIpc) is 3.18. The second kappa shape index (κ2) is 9.79. The zero-order valence-electron chi connectivity index (χ0n) is 19.2. The van der Waals surface area contributed by atoms with E-state index in [4.69, 9.17) is 4.74 Å². The topological polar surface area (TPSA) is 103 Å². The van der Waals surface area contributed by atoms with Crippen molar-refractivity contribution in [1.82, 2.24) is 14.5 Å². The van der Waals surface area contributed by atoms with Gasteiger partial charge < -0.3 is 4.74 Å². The van der Waals surface area contributed by atoms with Crippen molar-refractivity contribution in [2.24, 2.45) is 0 Å². The number of thiazole rings is 1. The summed E-state index contributed by atoms with van der Waals surface area (Å²) in [5.74, 6) is -0.387.